The van der Waals surface area contributed by atoms with E-state index in [-0.39, 0.29) is 0 Å². The first-order chi connectivity index (χ1) is 14.0. The fraction of sp³-hybridized carbons (Fsp3) is 0.455. The third-order valence-corrected chi connectivity index (χ3v) is 8.35. The molecule has 1 aliphatic heterocycles. The van der Waals surface area contributed by atoms with E-state index in [1.165, 1.54) is 0 Å². The highest BCUT2D eigenvalue weighted by molar-refractivity contribution is 8.08. The average molecular weight is 524 g/mol. The SMILES string of the molecule is C#C[C@@]1(O)[C@@H](O)[C@@H](COP(O)(=S)OP(=O)(O)OP(=O)(O)O)O[C@H]1n1ccc(=O)[nH]c1=O. The predicted molar refractivity (Wildman–Crippen MR) is 102 cm³/mol. The van der Waals surface area contributed by atoms with Crippen LogP contribution < -0.4 is 11.2 Å². The number of aromatic nitrogens is 2. The largest absolute Gasteiger partial charge is 0.488 e. The topological polar surface area (TPSA) is 247 Å². The van der Waals surface area contributed by atoms with Gasteiger partial charge in [-0.2, -0.15) is 4.31 Å². The summed E-state index contributed by atoms with van der Waals surface area (Å²) in [5.74, 6) is 1.84. The van der Waals surface area contributed by atoms with E-state index in [0.29, 0.717) is 4.57 Å². The van der Waals surface area contributed by atoms with Crippen LogP contribution in [-0.4, -0.2) is 63.8 Å². The fourth-order valence-electron chi connectivity index (χ4n) is 2.42. The molecule has 2 rings (SSSR count). The first kappa shape index (κ1) is 26.2. The number of aromatic amines is 1. The Labute approximate surface area is 177 Å². The Morgan fingerprint density at radius 3 is 2.42 bits per heavy atom. The van der Waals surface area contributed by atoms with Crippen LogP contribution in [0.25, 0.3) is 0 Å². The molecule has 20 heteroatoms. The molecule has 0 radical (unpaired) electrons. The standard InChI is InChI=1S/C11H15N2O14P3S/c1-2-11(17)8(15)6(25-9(11)13-4-3-7(14)12-10(13)16)5-24-30(23,31)27-29(21,22)26-28(18,19)20/h1,3-4,6,8-9,15,17H,5H2,(H,21,22)(H,23,31)(H,12,14,16)(H2,18,19,20)/t6-,8+,9-,11-,30?/m1/s1. The summed E-state index contributed by atoms with van der Waals surface area (Å²) in [5.41, 5.74) is -4.36. The molecule has 6 atom stereocenters. The number of rotatable bonds is 8. The number of aliphatic hydroxyl groups is 2. The van der Waals surface area contributed by atoms with Gasteiger partial charge in [-0.1, -0.05) is 5.92 Å². The Hall–Kier alpha value is -1.05. The number of phosphoric acid groups is 2. The van der Waals surface area contributed by atoms with Crippen molar-refractivity contribution in [1.29, 1.82) is 0 Å². The number of terminal acetylenes is 1. The van der Waals surface area contributed by atoms with E-state index in [1.807, 2.05) is 10.9 Å². The number of H-pyrrole nitrogens is 1. The zero-order valence-electron chi connectivity index (χ0n) is 14.8. The molecule has 1 fully saturated rings. The van der Waals surface area contributed by atoms with Crippen LogP contribution in [0.2, 0.25) is 0 Å². The minimum atomic E-state index is -5.57. The summed E-state index contributed by atoms with van der Waals surface area (Å²) in [6, 6.07) is 0.902. The van der Waals surface area contributed by atoms with Crippen molar-refractivity contribution >= 4 is 34.2 Å². The van der Waals surface area contributed by atoms with E-state index in [2.05, 4.69) is 25.0 Å². The number of nitrogens with zero attached hydrogens (tertiary/aromatic N) is 1. The summed E-state index contributed by atoms with van der Waals surface area (Å²) in [6.45, 7) is -5.67. The lowest BCUT2D eigenvalue weighted by molar-refractivity contribution is -0.0757. The van der Waals surface area contributed by atoms with E-state index < -0.39 is 64.3 Å². The van der Waals surface area contributed by atoms with Crippen LogP contribution in [0.4, 0.5) is 0 Å². The Balaban J connectivity index is 2.19. The lowest BCUT2D eigenvalue weighted by atomic mass is 9.95. The molecule has 0 saturated carbocycles. The third kappa shape index (κ3) is 6.48. The molecule has 7 N–H and O–H groups in total. The molecule has 2 unspecified atom stereocenters. The van der Waals surface area contributed by atoms with Crippen LogP contribution in [-0.2, 0) is 38.8 Å². The van der Waals surface area contributed by atoms with E-state index in [9.17, 15) is 38.7 Å². The zero-order valence-corrected chi connectivity index (χ0v) is 18.3. The second-order valence-electron chi connectivity index (χ2n) is 5.85. The van der Waals surface area contributed by atoms with Crippen molar-refractivity contribution in [2.24, 2.45) is 0 Å². The van der Waals surface area contributed by atoms with Crippen LogP contribution in [0.1, 0.15) is 6.23 Å². The van der Waals surface area contributed by atoms with Crippen LogP contribution in [0, 0.1) is 12.3 Å². The van der Waals surface area contributed by atoms with Crippen molar-refractivity contribution in [2.45, 2.75) is 24.0 Å². The molecule has 1 saturated heterocycles. The van der Waals surface area contributed by atoms with Crippen molar-refractivity contribution in [2.75, 3.05) is 6.61 Å². The van der Waals surface area contributed by atoms with Gasteiger partial charge in [0.05, 0.1) is 6.61 Å². The van der Waals surface area contributed by atoms with Gasteiger partial charge >= 0.3 is 28.1 Å². The molecule has 0 amide bonds. The molecular weight excluding hydrogens is 509 g/mol. The van der Waals surface area contributed by atoms with E-state index in [0.717, 1.165) is 12.3 Å². The van der Waals surface area contributed by atoms with Gasteiger partial charge in [0, 0.05) is 12.3 Å². The first-order valence-electron chi connectivity index (χ1n) is 7.63. The van der Waals surface area contributed by atoms with Gasteiger partial charge < -0.3 is 39.0 Å². The van der Waals surface area contributed by atoms with Gasteiger partial charge in [0.15, 0.2) is 11.8 Å². The number of ether oxygens (including phenoxy) is 1. The lowest BCUT2D eigenvalue weighted by Crippen LogP contribution is -2.48. The molecule has 0 spiro atoms. The van der Waals surface area contributed by atoms with Gasteiger partial charge in [0.1, 0.15) is 12.2 Å². The summed E-state index contributed by atoms with van der Waals surface area (Å²) < 4.78 is 40.3. The maximum atomic E-state index is 12.0. The molecular formula is C11H15N2O14P3S. The van der Waals surface area contributed by atoms with Crippen LogP contribution >= 0.6 is 22.4 Å². The highest BCUT2D eigenvalue weighted by Crippen LogP contribution is 2.66. The maximum absolute atomic E-state index is 12.0. The van der Waals surface area contributed by atoms with Gasteiger partial charge in [0.25, 0.3) is 5.56 Å². The lowest BCUT2D eigenvalue weighted by Gasteiger charge is -2.26. The van der Waals surface area contributed by atoms with Gasteiger partial charge in [-0.05, 0) is 11.8 Å². The average Bonchev–Trinajstić information content (AvgIpc) is 2.82. The minimum absolute atomic E-state index is 0.659. The Bertz CT molecular complexity index is 1140. The van der Waals surface area contributed by atoms with Crippen molar-refractivity contribution in [3.8, 4) is 12.3 Å². The summed E-state index contributed by atoms with van der Waals surface area (Å²) in [6.07, 6.45) is 0.836. The molecule has 1 aliphatic rings. The summed E-state index contributed by atoms with van der Waals surface area (Å²) in [4.78, 5) is 61.1. The first-order valence-corrected chi connectivity index (χ1v) is 13.2. The number of nitrogens with one attached hydrogen (secondary N) is 1. The molecule has 31 heavy (non-hydrogen) atoms. The van der Waals surface area contributed by atoms with Crippen molar-refractivity contribution in [3.63, 3.8) is 0 Å². The third-order valence-electron chi connectivity index (χ3n) is 3.64. The summed E-state index contributed by atoms with van der Waals surface area (Å²) >= 11 is 4.42. The van der Waals surface area contributed by atoms with Crippen molar-refractivity contribution < 1.29 is 56.8 Å². The minimum Gasteiger partial charge on any atom is -0.386 e. The van der Waals surface area contributed by atoms with Crippen LogP contribution in [0.3, 0.4) is 0 Å². The Morgan fingerprint density at radius 1 is 1.29 bits per heavy atom. The molecule has 0 aromatic carbocycles. The smallest absolute Gasteiger partial charge is 0.386 e. The quantitative estimate of drug-likeness (QED) is 0.139. The highest BCUT2D eigenvalue weighted by Gasteiger charge is 2.56. The van der Waals surface area contributed by atoms with Crippen LogP contribution in [0.15, 0.2) is 21.9 Å². The number of hydrogen-bond donors (Lipinski definition) is 7. The fourth-order valence-corrected chi connectivity index (χ4v) is 6.39. The van der Waals surface area contributed by atoms with E-state index >= 15 is 0 Å². The molecule has 0 bridgehead atoms. The van der Waals surface area contributed by atoms with Crippen LogP contribution in [0.5, 0.6) is 0 Å². The molecule has 1 aromatic heterocycles. The van der Waals surface area contributed by atoms with Gasteiger partial charge in [-0.15, -0.1) is 6.42 Å². The molecule has 174 valence electrons. The van der Waals surface area contributed by atoms with Crippen molar-refractivity contribution in [3.05, 3.63) is 33.1 Å². The summed E-state index contributed by atoms with van der Waals surface area (Å²) in [5, 5.41) is 20.9. The zero-order chi connectivity index (χ0) is 23.8. The molecule has 1 aromatic rings. The highest BCUT2D eigenvalue weighted by atomic mass is 32.5. The summed E-state index contributed by atoms with van der Waals surface area (Å²) in [7, 11) is -11.1. The predicted octanol–water partition coefficient (Wildman–Crippen LogP) is -2.38. The number of aliphatic hydroxyl groups excluding tert-OH is 1. The monoisotopic (exact) mass is 524 g/mol. The maximum Gasteiger partial charge on any atom is 0.488 e. The van der Waals surface area contributed by atoms with Gasteiger partial charge in [-0.25, -0.2) is 18.2 Å². The van der Waals surface area contributed by atoms with E-state index in [4.69, 9.17) is 20.9 Å². The second-order valence-corrected chi connectivity index (χ2v) is 11.6. The Kier molecular flexibility index (Phi) is 7.66. The van der Waals surface area contributed by atoms with E-state index in [1.54, 1.807) is 0 Å². The normalized spacial score (nSPS) is 30.3. The molecule has 16 nitrogen and oxygen atoms in total. The Morgan fingerprint density at radius 2 is 1.90 bits per heavy atom. The molecule has 2 heterocycles. The van der Waals surface area contributed by atoms with Gasteiger partial charge in [-0.3, -0.25) is 14.3 Å². The van der Waals surface area contributed by atoms with Crippen molar-refractivity contribution in [1.82, 2.24) is 9.55 Å². The van der Waals surface area contributed by atoms with Gasteiger partial charge in [0.2, 0.25) is 0 Å². The number of hydrogen-bond acceptors (Lipinski definition) is 11. The molecule has 0 aliphatic carbocycles. The second kappa shape index (κ2) is 9.06.